The van der Waals surface area contributed by atoms with Crippen LogP contribution in [0.1, 0.15) is 32.1 Å². The molecule has 1 atom stereocenters. The largest absolute Gasteiger partial charge is 0.395 e. The topological polar surface area (TPSA) is 64.1 Å². The first-order chi connectivity index (χ1) is 8.63. The molecule has 0 saturated carbocycles. The molecule has 0 radical (unpaired) electrons. The van der Waals surface area contributed by atoms with Crippen LogP contribution in [0, 0.1) is 5.92 Å². The van der Waals surface area contributed by atoms with Gasteiger partial charge in [0, 0.05) is 6.54 Å². The van der Waals surface area contributed by atoms with Crippen LogP contribution in [0.5, 0.6) is 0 Å². The maximum atomic E-state index is 9.20. The molecule has 4 nitrogen and oxygen atoms in total. The summed E-state index contributed by atoms with van der Waals surface area (Å²) >= 11 is 0. The summed E-state index contributed by atoms with van der Waals surface area (Å²) in [5.41, 5.74) is 8.21. The van der Waals surface area contributed by atoms with Gasteiger partial charge in [-0.25, -0.2) is 4.98 Å². The van der Waals surface area contributed by atoms with Crippen molar-refractivity contribution in [1.29, 1.82) is 0 Å². The van der Waals surface area contributed by atoms with Crippen LogP contribution in [0.15, 0.2) is 24.3 Å². The lowest BCUT2D eigenvalue weighted by Crippen LogP contribution is -2.19. The summed E-state index contributed by atoms with van der Waals surface area (Å²) in [5, 5.41) is 9.20. The molecule has 0 spiro atoms. The molecule has 0 bridgehead atoms. The zero-order chi connectivity index (χ0) is 13.1. The normalized spacial score (nSPS) is 13.4. The molecule has 2 rings (SSSR count). The van der Waals surface area contributed by atoms with Gasteiger partial charge in [0.25, 0.3) is 0 Å². The first-order valence-electron chi connectivity index (χ1n) is 6.45. The number of hydrogen-bond donors (Lipinski definition) is 2. The maximum absolute atomic E-state index is 9.20. The van der Waals surface area contributed by atoms with E-state index in [1.807, 2.05) is 28.8 Å². The second-order valence-corrected chi connectivity index (χ2v) is 5.07. The third-order valence-electron chi connectivity index (χ3n) is 3.06. The van der Waals surface area contributed by atoms with Crippen molar-refractivity contribution in [2.45, 2.75) is 32.9 Å². The van der Waals surface area contributed by atoms with Gasteiger partial charge in [0.1, 0.15) is 5.82 Å². The summed E-state index contributed by atoms with van der Waals surface area (Å²) in [7, 11) is 0. The maximum Gasteiger partial charge on any atom is 0.126 e. The van der Waals surface area contributed by atoms with Gasteiger partial charge in [-0.15, -0.1) is 0 Å². The average molecular weight is 247 g/mol. The van der Waals surface area contributed by atoms with Crippen molar-refractivity contribution in [2.75, 3.05) is 6.61 Å². The monoisotopic (exact) mass is 247 g/mol. The zero-order valence-corrected chi connectivity index (χ0v) is 11.0. The van der Waals surface area contributed by atoms with Crippen molar-refractivity contribution in [3.8, 4) is 0 Å². The van der Waals surface area contributed by atoms with Gasteiger partial charge < -0.3 is 15.4 Å². The van der Waals surface area contributed by atoms with E-state index in [1.165, 1.54) is 0 Å². The van der Waals surface area contributed by atoms with Crippen LogP contribution in [0.4, 0.5) is 0 Å². The first-order valence-corrected chi connectivity index (χ1v) is 6.45. The number of nitrogens with zero attached hydrogens (tertiary/aromatic N) is 2. The van der Waals surface area contributed by atoms with E-state index < -0.39 is 0 Å². The Labute approximate surface area is 107 Å². The molecule has 2 aromatic rings. The molecule has 0 unspecified atom stereocenters. The number of imidazole rings is 1. The second kappa shape index (κ2) is 5.50. The van der Waals surface area contributed by atoms with Crippen LogP contribution >= 0.6 is 0 Å². The number of aliphatic hydroxyl groups is 1. The van der Waals surface area contributed by atoms with Crippen LogP contribution in [-0.2, 0) is 6.54 Å². The fraction of sp³-hybridized carbons (Fsp3) is 0.500. The number of para-hydroxylation sites is 2. The van der Waals surface area contributed by atoms with Crippen molar-refractivity contribution < 1.29 is 5.11 Å². The molecular weight excluding hydrogens is 226 g/mol. The van der Waals surface area contributed by atoms with Crippen LogP contribution in [0.3, 0.4) is 0 Å². The molecule has 1 heterocycles. The van der Waals surface area contributed by atoms with Gasteiger partial charge in [0.05, 0.1) is 23.7 Å². The van der Waals surface area contributed by atoms with E-state index in [-0.39, 0.29) is 12.6 Å². The summed E-state index contributed by atoms with van der Waals surface area (Å²) in [6.45, 7) is 4.95. The number of aromatic nitrogens is 2. The van der Waals surface area contributed by atoms with Gasteiger partial charge in [-0.05, 0) is 24.5 Å². The van der Waals surface area contributed by atoms with Gasteiger partial charge in [-0.2, -0.15) is 0 Å². The highest BCUT2D eigenvalue weighted by Crippen LogP contribution is 2.23. The third kappa shape index (κ3) is 2.54. The third-order valence-corrected chi connectivity index (χ3v) is 3.06. The minimum atomic E-state index is -0.0797. The quantitative estimate of drug-likeness (QED) is 0.850. The van der Waals surface area contributed by atoms with Crippen LogP contribution < -0.4 is 5.73 Å². The summed E-state index contributed by atoms with van der Waals surface area (Å²) in [5.74, 6) is 1.40. The van der Waals surface area contributed by atoms with E-state index in [9.17, 15) is 5.11 Å². The zero-order valence-electron chi connectivity index (χ0n) is 11.0. The van der Waals surface area contributed by atoms with Crippen molar-refractivity contribution >= 4 is 11.0 Å². The van der Waals surface area contributed by atoms with Gasteiger partial charge in [-0.1, -0.05) is 26.0 Å². The molecule has 0 amide bonds. The van der Waals surface area contributed by atoms with E-state index in [1.54, 1.807) is 0 Å². The molecule has 1 aromatic heterocycles. The number of benzene rings is 1. The minimum absolute atomic E-state index is 0.0797. The Morgan fingerprint density at radius 2 is 2.06 bits per heavy atom. The summed E-state index contributed by atoms with van der Waals surface area (Å²) in [4.78, 5) is 4.61. The number of aliphatic hydroxyl groups excluding tert-OH is 1. The fourth-order valence-corrected chi connectivity index (χ4v) is 2.33. The molecule has 0 saturated heterocycles. The first kappa shape index (κ1) is 13.1. The van der Waals surface area contributed by atoms with Gasteiger partial charge in [-0.3, -0.25) is 0 Å². The predicted molar refractivity (Wildman–Crippen MR) is 73.2 cm³/mol. The molecule has 0 aliphatic rings. The molecule has 98 valence electrons. The van der Waals surface area contributed by atoms with Crippen LogP contribution in [0.25, 0.3) is 11.0 Å². The Hall–Kier alpha value is -1.39. The highest BCUT2D eigenvalue weighted by molar-refractivity contribution is 5.76. The second-order valence-electron chi connectivity index (χ2n) is 5.07. The van der Waals surface area contributed by atoms with E-state index in [4.69, 9.17) is 5.73 Å². The van der Waals surface area contributed by atoms with E-state index in [0.29, 0.717) is 12.5 Å². The Morgan fingerprint density at radius 1 is 1.33 bits per heavy atom. The van der Waals surface area contributed by atoms with Gasteiger partial charge in [0.2, 0.25) is 0 Å². The summed E-state index contributed by atoms with van der Waals surface area (Å²) < 4.78 is 2.03. The molecule has 0 aliphatic carbocycles. The lowest BCUT2D eigenvalue weighted by atomic mass is 10.0. The number of hydrogen-bond acceptors (Lipinski definition) is 3. The molecule has 0 aliphatic heterocycles. The highest BCUT2D eigenvalue weighted by atomic mass is 16.3. The van der Waals surface area contributed by atoms with E-state index >= 15 is 0 Å². The van der Waals surface area contributed by atoms with Crippen LogP contribution in [-0.4, -0.2) is 21.3 Å². The smallest absolute Gasteiger partial charge is 0.126 e. The number of fused-ring (bicyclic) bond motifs is 1. The van der Waals surface area contributed by atoms with Gasteiger partial charge >= 0.3 is 0 Å². The van der Waals surface area contributed by atoms with Gasteiger partial charge in [0.15, 0.2) is 0 Å². The van der Waals surface area contributed by atoms with Crippen molar-refractivity contribution in [2.24, 2.45) is 11.7 Å². The Kier molecular flexibility index (Phi) is 3.99. The molecular formula is C14H21N3O. The molecule has 0 fully saturated rings. The molecule has 18 heavy (non-hydrogen) atoms. The van der Waals surface area contributed by atoms with E-state index in [2.05, 4.69) is 18.8 Å². The lowest BCUT2D eigenvalue weighted by molar-refractivity contribution is 0.274. The fourth-order valence-electron chi connectivity index (χ4n) is 2.33. The predicted octanol–water partition coefficient (Wildman–Crippen LogP) is 2.07. The Balaban J connectivity index is 2.44. The Bertz CT molecular complexity index is 519. The van der Waals surface area contributed by atoms with Crippen molar-refractivity contribution in [3.63, 3.8) is 0 Å². The SMILES string of the molecule is CC(C)C[C@H](N)c1nc2ccccc2n1CCO. The van der Waals surface area contributed by atoms with Crippen LogP contribution in [0.2, 0.25) is 0 Å². The summed E-state index contributed by atoms with van der Waals surface area (Å²) in [6.07, 6.45) is 0.898. The van der Waals surface area contributed by atoms with E-state index in [0.717, 1.165) is 23.3 Å². The standard InChI is InChI=1S/C14H21N3O/c1-10(2)9-11(15)14-16-12-5-3-4-6-13(12)17(14)7-8-18/h3-6,10-11,18H,7-9,15H2,1-2H3/t11-/m0/s1. The Morgan fingerprint density at radius 3 is 2.72 bits per heavy atom. The number of nitrogens with two attached hydrogens (primary N) is 1. The van der Waals surface area contributed by atoms with Crippen molar-refractivity contribution in [1.82, 2.24) is 9.55 Å². The minimum Gasteiger partial charge on any atom is -0.395 e. The summed E-state index contributed by atoms with van der Waals surface area (Å²) in [6, 6.07) is 7.87. The van der Waals surface area contributed by atoms with Crippen molar-refractivity contribution in [3.05, 3.63) is 30.1 Å². The average Bonchev–Trinajstić information content (AvgIpc) is 2.68. The molecule has 1 aromatic carbocycles. The molecule has 4 heteroatoms. The number of rotatable bonds is 5. The molecule has 3 N–H and O–H groups in total. The highest BCUT2D eigenvalue weighted by Gasteiger charge is 2.17. The lowest BCUT2D eigenvalue weighted by Gasteiger charge is -2.15.